The Balaban J connectivity index is 1.44. The molecule has 22 heteroatoms. The number of thiol groups is 2. The fourth-order valence-corrected chi connectivity index (χ4v) is 8.64. The van der Waals surface area contributed by atoms with Crippen molar-refractivity contribution in [2.24, 2.45) is 11.5 Å². The number of fused-ring (bicyclic) bond motifs is 1. The molecule has 0 bridgehead atoms. The summed E-state index contributed by atoms with van der Waals surface area (Å²) in [4.78, 5) is 114. The minimum atomic E-state index is -1.69. The molecule has 5 rings (SSSR count). The first-order valence-corrected chi connectivity index (χ1v) is 26.2. The Hall–Kier alpha value is -7.24. The van der Waals surface area contributed by atoms with Gasteiger partial charge in [-0.05, 0) is 61.1 Å². The van der Waals surface area contributed by atoms with Crippen LogP contribution < -0.4 is 48.7 Å². The first-order chi connectivity index (χ1) is 36.5. The van der Waals surface area contributed by atoms with Crippen LogP contribution in [0.15, 0.2) is 121 Å². The van der Waals surface area contributed by atoms with Gasteiger partial charge in [-0.3, -0.25) is 33.6 Å². The van der Waals surface area contributed by atoms with Crippen LogP contribution in [-0.4, -0.2) is 135 Å². The zero-order chi connectivity index (χ0) is 55.1. The summed E-state index contributed by atoms with van der Waals surface area (Å²) in [6, 6.07) is 22.9. The number of hydrogen-bond acceptors (Lipinski definition) is 13. The number of amides is 7. The van der Waals surface area contributed by atoms with Crippen molar-refractivity contribution in [3.8, 4) is 0 Å². The number of H-pyrrole nitrogens is 1. The zero-order valence-electron chi connectivity index (χ0n) is 42.0. The number of aromatic nitrogens is 1. The fraction of sp³-hybridized carbons (Fsp3) is 0.370. The number of carbonyl (C=O) groups excluding carboxylic acids is 7. The molecule has 0 aliphatic heterocycles. The van der Waals surface area contributed by atoms with E-state index in [0.29, 0.717) is 35.1 Å². The quantitative estimate of drug-likeness (QED) is 0.0222. The first kappa shape index (κ1) is 59.6. The van der Waals surface area contributed by atoms with Crippen LogP contribution in [0.25, 0.3) is 10.9 Å². The number of nitrogens with one attached hydrogen (secondary N) is 8. The number of nitrogens with two attached hydrogens (primary N) is 2. The standard InChI is InChI=1S/C54H68N10O10S2/c1-32(65)46(53(72)62-43(27-35-19-9-4-10-20-35)51(70)63-45(31-76)54(73)74)64-48(67)40(23-13-14-24-55)58-52(71)44(28-36-29-57-39-22-12-11-21-37(36)39)61-50(69)42(26-34-17-7-3-8-18-34)60-49(68)41(59-47(66)38(56)30-75)25-33-15-5-2-6-16-33/h2-12,15-22,29,32,38,40-46,57,65,75-76H,13-14,23-28,30-31,55-56H2,1H3,(H,58,71)(H,59,66)(H,60,68)(H,61,69)(H,62,72)(H,63,70)(H,64,67)(H,73,74)/t32-,38+,40+,41+,42+,43+,44-,45+,46+/m1/s1. The molecule has 0 spiro atoms. The van der Waals surface area contributed by atoms with Gasteiger partial charge in [0.05, 0.1) is 12.1 Å². The Labute approximate surface area is 451 Å². The largest absolute Gasteiger partial charge is 0.480 e. The molecule has 0 fully saturated rings. The third-order valence-corrected chi connectivity index (χ3v) is 13.2. The topological polar surface area (TPSA) is 329 Å². The van der Waals surface area contributed by atoms with E-state index in [-0.39, 0.29) is 50.2 Å². The number of benzene rings is 4. The Bertz CT molecular complexity index is 2720. The maximum atomic E-state index is 14.8. The summed E-state index contributed by atoms with van der Waals surface area (Å²) in [5.74, 6) is -7.29. The summed E-state index contributed by atoms with van der Waals surface area (Å²) in [6.45, 7) is 1.49. The van der Waals surface area contributed by atoms with Gasteiger partial charge in [0, 0.05) is 54.3 Å². The van der Waals surface area contributed by atoms with E-state index in [4.69, 9.17) is 11.5 Å². The highest BCUT2D eigenvalue weighted by Gasteiger charge is 2.36. The van der Waals surface area contributed by atoms with Crippen LogP contribution in [0.1, 0.15) is 48.4 Å². The lowest BCUT2D eigenvalue weighted by Crippen LogP contribution is -2.62. The summed E-state index contributed by atoms with van der Waals surface area (Å²) in [7, 11) is 0. The van der Waals surface area contributed by atoms with Gasteiger partial charge in [-0.15, -0.1) is 0 Å². The van der Waals surface area contributed by atoms with Crippen molar-refractivity contribution in [3.63, 3.8) is 0 Å². The van der Waals surface area contributed by atoms with E-state index < -0.39 is 102 Å². The number of hydrogen-bond donors (Lipinski definition) is 14. The predicted molar refractivity (Wildman–Crippen MR) is 294 cm³/mol. The van der Waals surface area contributed by atoms with Crippen LogP contribution in [0.5, 0.6) is 0 Å². The molecule has 9 atom stereocenters. The molecule has 4 aromatic carbocycles. The van der Waals surface area contributed by atoms with Gasteiger partial charge in [-0.1, -0.05) is 109 Å². The van der Waals surface area contributed by atoms with Gasteiger partial charge in [0.1, 0.15) is 42.3 Å². The van der Waals surface area contributed by atoms with E-state index in [1.165, 1.54) is 6.92 Å². The number of carbonyl (C=O) groups is 8. The summed E-state index contributed by atoms with van der Waals surface area (Å²) in [5.41, 5.74) is 15.1. The summed E-state index contributed by atoms with van der Waals surface area (Å²) >= 11 is 8.16. The number of aliphatic carboxylic acids is 1. The number of rotatable bonds is 30. The molecule has 20 nitrogen and oxygen atoms in total. The molecule has 0 saturated carbocycles. The summed E-state index contributed by atoms with van der Waals surface area (Å²) < 4.78 is 0. The van der Waals surface area contributed by atoms with Gasteiger partial charge in [0.2, 0.25) is 41.4 Å². The van der Waals surface area contributed by atoms with Crippen molar-refractivity contribution >= 4 is 83.5 Å². The Morgan fingerprint density at radius 3 is 1.37 bits per heavy atom. The van der Waals surface area contributed by atoms with E-state index in [1.807, 2.05) is 24.3 Å². The van der Waals surface area contributed by atoms with E-state index in [0.717, 1.165) is 10.9 Å². The molecular formula is C54H68N10O10S2. The molecule has 0 aliphatic carbocycles. The van der Waals surface area contributed by atoms with Gasteiger partial charge < -0.3 is 63.9 Å². The van der Waals surface area contributed by atoms with E-state index in [2.05, 4.69) is 67.5 Å². The molecule has 1 heterocycles. The van der Waals surface area contributed by atoms with Crippen molar-refractivity contribution in [3.05, 3.63) is 144 Å². The monoisotopic (exact) mass is 1080 g/mol. The van der Waals surface area contributed by atoms with E-state index in [9.17, 15) is 48.6 Å². The third kappa shape index (κ3) is 18.3. The molecular weight excluding hydrogens is 1010 g/mol. The molecule has 0 radical (unpaired) electrons. The molecule has 0 aliphatic rings. The van der Waals surface area contributed by atoms with Gasteiger partial charge in [0.25, 0.3) is 0 Å². The smallest absolute Gasteiger partial charge is 0.327 e. The number of para-hydroxylation sites is 1. The second-order valence-electron chi connectivity index (χ2n) is 18.3. The maximum Gasteiger partial charge on any atom is 0.327 e. The lowest BCUT2D eigenvalue weighted by Gasteiger charge is -2.29. The Kier molecular flexibility index (Phi) is 23.8. The van der Waals surface area contributed by atoms with Gasteiger partial charge >= 0.3 is 5.97 Å². The lowest BCUT2D eigenvalue weighted by molar-refractivity contribution is -0.141. The normalized spacial score (nSPS) is 14.7. The number of aliphatic hydroxyl groups is 1. The SMILES string of the molecule is C[C@@H](O)[C@H](NC(=O)[C@H](CCCCN)NC(=O)[C@@H](Cc1c[nH]c2ccccc12)NC(=O)[C@H](Cc1ccccc1)NC(=O)[C@H](Cc1ccccc1)NC(=O)[C@@H](N)CS)C(=O)N[C@@H](Cc1ccccc1)C(=O)N[C@@H](CS)C(=O)O. The predicted octanol–water partition coefficient (Wildman–Crippen LogP) is 0.613. The molecule has 7 amide bonds. The minimum Gasteiger partial charge on any atom is -0.480 e. The van der Waals surface area contributed by atoms with Crippen LogP contribution in [0.2, 0.25) is 0 Å². The Morgan fingerprint density at radius 2 is 0.921 bits per heavy atom. The average molecular weight is 1080 g/mol. The van der Waals surface area contributed by atoms with Crippen LogP contribution >= 0.6 is 25.3 Å². The van der Waals surface area contributed by atoms with Crippen molar-refractivity contribution in [2.75, 3.05) is 18.1 Å². The highest BCUT2D eigenvalue weighted by molar-refractivity contribution is 7.80. The average Bonchev–Trinajstić information content (AvgIpc) is 3.83. The third-order valence-electron chi connectivity index (χ3n) is 12.5. The van der Waals surface area contributed by atoms with Crippen LogP contribution in [-0.2, 0) is 64.0 Å². The Morgan fingerprint density at radius 1 is 0.513 bits per heavy atom. The van der Waals surface area contributed by atoms with Gasteiger partial charge in [-0.25, -0.2) is 4.79 Å². The second kappa shape index (κ2) is 30.3. The zero-order valence-corrected chi connectivity index (χ0v) is 43.8. The second-order valence-corrected chi connectivity index (χ2v) is 19.1. The van der Waals surface area contributed by atoms with Gasteiger partial charge in [0.15, 0.2) is 0 Å². The lowest BCUT2D eigenvalue weighted by atomic mass is 10.00. The first-order valence-electron chi connectivity index (χ1n) is 24.9. The number of carboxylic acids is 1. The molecule has 5 aromatic rings. The van der Waals surface area contributed by atoms with Crippen molar-refractivity contribution in [1.29, 1.82) is 0 Å². The van der Waals surface area contributed by atoms with Crippen LogP contribution in [0.3, 0.4) is 0 Å². The van der Waals surface area contributed by atoms with Crippen molar-refractivity contribution in [1.82, 2.24) is 42.2 Å². The number of aliphatic hydroxyl groups excluding tert-OH is 1. The highest BCUT2D eigenvalue weighted by Crippen LogP contribution is 2.20. The number of unbranched alkanes of at least 4 members (excludes halogenated alkanes) is 1. The summed E-state index contributed by atoms with van der Waals surface area (Å²) in [6.07, 6.45) is 0.676. The van der Waals surface area contributed by atoms with E-state index in [1.54, 1.807) is 97.2 Å². The molecule has 76 heavy (non-hydrogen) atoms. The van der Waals surface area contributed by atoms with Crippen LogP contribution in [0.4, 0.5) is 0 Å². The van der Waals surface area contributed by atoms with E-state index >= 15 is 0 Å². The molecule has 14 N–H and O–H groups in total. The number of aromatic amines is 1. The highest BCUT2D eigenvalue weighted by atomic mass is 32.1. The molecule has 1 aromatic heterocycles. The maximum absolute atomic E-state index is 14.8. The fourth-order valence-electron chi connectivity index (χ4n) is 8.23. The van der Waals surface area contributed by atoms with Crippen molar-refractivity contribution in [2.45, 2.75) is 106 Å². The van der Waals surface area contributed by atoms with Crippen molar-refractivity contribution < 1.29 is 48.6 Å². The van der Waals surface area contributed by atoms with Crippen LogP contribution in [0, 0.1) is 0 Å². The summed E-state index contributed by atoms with van der Waals surface area (Å²) in [5, 5.41) is 39.8. The minimum absolute atomic E-state index is 0.00124. The molecule has 406 valence electrons. The van der Waals surface area contributed by atoms with Gasteiger partial charge in [-0.2, -0.15) is 25.3 Å². The molecule has 0 unspecified atom stereocenters. The number of carboxylic acid groups (broad SMARTS) is 1. The molecule has 0 saturated heterocycles.